The largest absolute Gasteiger partial charge is 0.455 e. The molecule has 3 aromatic rings. The van der Waals surface area contributed by atoms with E-state index in [4.69, 9.17) is 16.3 Å². The van der Waals surface area contributed by atoms with Crippen molar-refractivity contribution in [2.24, 2.45) is 0 Å². The van der Waals surface area contributed by atoms with Crippen molar-refractivity contribution >= 4 is 27.3 Å². The Morgan fingerprint density at radius 2 is 1.83 bits per heavy atom. The van der Waals surface area contributed by atoms with Gasteiger partial charge in [0.2, 0.25) is 0 Å². The van der Waals surface area contributed by atoms with Gasteiger partial charge in [-0.25, -0.2) is 4.98 Å². The summed E-state index contributed by atoms with van der Waals surface area (Å²) >= 11 is 5.85. The molecular formula is C18H13ClF3N3O3S. The molecule has 0 fully saturated rings. The first-order chi connectivity index (χ1) is 13.5. The van der Waals surface area contributed by atoms with Crippen LogP contribution in [0, 0.1) is 6.92 Å². The highest BCUT2D eigenvalue weighted by molar-refractivity contribution is 7.92. The Hall–Kier alpha value is -2.85. The molecule has 0 aliphatic rings. The lowest BCUT2D eigenvalue weighted by Gasteiger charge is -2.12. The van der Waals surface area contributed by atoms with E-state index in [1.54, 1.807) is 13.0 Å². The number of nitrogens with one attached hydrogen (secondary N) is 1. The van der Waals surface area contributed by atoms with Gasteiger partial charge in [0.1, 0.15) is 11.5 Å². The minimum atomic E-state index is -4.60. The highest BCUT2D eigenvalue weighted by atomic mass is 35.5. The fraction of sp³-hybridized carbons (Fsp3) is 0.111. The number of alkyl halides is 3. The number of rotatable bonds is 5. The van der Waals surface area contributed by atoms with Crippen LogP contribution in [-0.2, 0) is 16.2 Å². The molecule has 11 heteroatoms. The maximum absolute atomic E-state index is 12.6. The summed E-state index contributed by atoms with van der Waals surface area (Å²) in [6.07, 6.45) is -1.21. The van der Waals surface area contributed by atoms with Crippen LogP contribution in [0.2, 0.25) is 5.02 Å². The molecule has 2 heterocycles. The third kappa shape index (κ3) is 5.15. The lowest BCUT2D eigenvalue weighted by atomic mass is 10.2. The van der Waals surface area contributed by atoms with Crippen LogP contribution < -0.4 is 9.46 Å². The van der Waals surface area contributed by atoms with E-state index in [0.29, 0.717) is 34.3 Å². The summed E-state index contributed by atoms with van der Waals surface area (Å²) in [6.45, 7) is 1.70. The average Bonchev–Trinajstić information content (AvgIpc) is 2.63. The number of hydrogen-bond donors (Lipinski definition) is 1. The van der Waals surface area contributed by atoms with E-state index >= 15 is 0 Å². The summed E-state index contributed by atoms with van der Waals surface area (Å²) in [5, 5.41) is -0.137. The van der Waals surface area contributed by atoms with Gasteiger partial charge in [0.05, 0.1) is 16.8 Å². The number of hydrogen-bond acceptors (Lipinski definition) is 5. The van der Waals surface area contributed by atoms with Crippen molar-refractivity contribution in [3.05, 3.63) is 71.1 Å². The Morgan fingerprint density at radius 1 is 1.07 bits per heavy atom. The number of sulfonamides is 1. The predicted octanol–water partition coefficient (Wildman–Crippen LogP) is 5.05. The molecule has 0 radical (unpaired) electrons. The number of pyridine rings is 2. The highest BCUT2D eigenvalue weighted by Gasteiger charge is 2.31. The minimum Gasteiger partial charge on any atom is -0.455 e. The first-order valence-corrected chi connectivity index (χ1v) is 9.86. The van der Waals surface area contributed by atoms with E-state index in [0.717, 1.165) is 6.07 Å². The Balaban J connectivity index is 1.78. The van der Waals surface area contributed by atoms with Crippen molar-refractivity contribution in [1.82, 2.24) is 9.97 Å². The summed E-state index contributed by atoms with van der Waals surface area (Å²) in [7, 11) is -4.17. The molecule has 0 unspecified atom stereocenters. The second-order valence-electron chi connectivity index (χ2n) is 5.91. The van der Waals surface area contributed by atoms with Crippen LogP contribution in [0.5, 0.6) is 11.5 Å². The zero-order chi connectivity index (χ0) is 21.2. The van der Waals surface area contributed by atoms with Crippen LogP contribution in [-0.4, -0.2) is 18.4 Å². The van der Waals surface area contributed by atoms with E-state index in [-0.39, 0.29) is 5.69 Å². The van der Waals surface area contributed by atoms with Gasteiger partial charge >= 0.3 is 6.18 Å². The fourth-order valence-electron chi connectivity index (χ4n) is 2.32. The molecular weight excluding hydrogens is 431 g/mol. The molecule has 0 saturated carbocycles. The molecule has 2 aromatic heterocycles. The second-order valence-corrected chi connectivity index (χ2v) is 7.98. The lowest BCUT2D eigenvalue weighted by molar-refractivity contribution is -0.137. The van der Waals surface area contributed by atoms with Crippen LogP contribution in [0.25, 0.3) is 0 Å². The number of benzene rings is 1. The molecule has 3 rings (SSSR count). The average molecular weight is 444 g/mol. The summed E-state index contributed by atoms with van der Waals surface area (Å²) in [6, 6.07) is 7.51. The van der Waals surface area contributed by atoms with Crippen molar-refractivity contribution in [3.63, 3.8) is 0 Å². The second kappa shape index (κ2) is 7.88. The number of anilines is 1. The van der Waals surface area contributed by atoms with Crippen molar-refractivity contribution in [2.45, 2.75) is 18.1 Å². The van der Waals surface area contributed by atoms with Crippen molar-refractivity contribution in [3.8, 4) is 11.5 Å². The Morgan fingerprint density at radius 3 is 2.41 bits per heavy atom. The van der Waals surface area contributed by atoms with Crippen molar-refractivity contribution < 1.29 is 26.3 Å². The summed E-state index contributed by atoms with van der Waals surface area (Å²) in [4.78, 5) is 7.31. The molecule has 0 spiro atoms. The zero-order valence-corrected chi connectivity index (χ0v) is 16.3. The predicted molar refractivity (Wildman–Crippen MR) is 101 cm³/mol. The van der Waals surface area contributed by atoms with E-state index < -0.39 is 26.8 Å². The van der Waals surface area contributed by atoms with Crippen molar-refractivity contribution in [1.29, 1.82) is 0 Å². The summed E-state index contributed by atoms with van der Waals surface area (Å²) in [5.74, 6) is 0.854. The molecule has 0 amide bonds. The smallest absolute Gasteiger partial charge is 0.417 e. The van der Waals surface area contributed by atoms with E-state index in [9.17, 15) is 21.6 Å². The number of nitrogens with zero attached hydrogens (tertiary/aromatic N) is 2. The first kappa shape index (κ1) is 20.9. The van der Waals surface area contributed by atoms with Crippen molar-refractivity contribution in [2.75, 3.05) is 4.72 Å². The highest BCUT2D eigenvalue weighted by Crippen LogP contribution is 2.30. The minimum absolute atomic E-state index is 0.195. The van der Waals surface area contributed by atoms with Gasteiger partial charge in [-0.15, -0.1) is 0 Å². The topological polar surface area (TPSA) is 81.2 Å². The summed E-state index contributed by atoms with van der Waals surface area (Å²) < 4.78 is 70.5. The van der Waals surface area contributed by atoms with Crippen LogP contribution in [0.4, 0.5) is 18.9 Å². The van der Waals surface area contributed by atoms with Gasteiger partial charge < -0.3 is 4.74 Å². The third-order valence-electron chi connectivity index (χ3n) is 3.67. The molecule has 0 atom stereocenters. The monoisotopic (exact) mass is 443 g/mol. The molecule has 0 aliphatic heterocycles. The standard InChI is InChI=1S/C18H13ClF3N3O3S/c1-11-6-14(3-4-16(11)28-15-7-13(19)9-23-10-15)25-29(26,27)17-5-2-12(8-24-17)18(20,21)22/h2-10,25H,1H3. The van der Waals surface area contributed by atoms with Crippen LogP contribution in [0.3, 0.4) is 0 Å². The maximum Gasteiger partial charge on any atom is 0.417 e. The third-order valence-corrected chi connectivity index (χ3v) is 5.18. The molecule has 0 aliphatic carbocycles. The van der Waals surface area contributed by atoms with Crippen LogP contribution >= 0.6 is 11.6 Å². The van der Waals surface area contributed by atoms with E-state index in [1.807, 2.05) is 0 Å². The fourth-order valence-corrected chi connectivity index (χ4v) is 3.46. The maximum atomic E-state index is 12.6. The molecule has 152 valence electrons. The normalized spacial score (nSPS) is 11.9. The number of halogens is 4. The van der Waals surface area contributed by atoms with E-state index in [2.05, 4.69) is 14.7 Å². The SMILES string of the molecule is Cc1cc(NS(=O)(=O)c2ccc(C(F)(F)F)cn2)ccc1Oc1cncc(Cl)c1. The summed E-state index contributed by atoms with van der Waals surface area (Å²) in [5.41, 5.74) is -0.240. The van der Waals surface area contributed by atoms with Gasteiger partial charge in [0, 0.05) is 24.1 Å². The van der Waals surface area contributed by atoms with Gasteiger partial charge in [0.15, 0.2) is 5.03 Å². The molecule has 0 saturated heterocycles. The number of aromatic nitrogens is 2. The van der Waals surface area contributed by atoms with Crippen LogP contribution in [0.1, 0.15) is 11.1 Å². The van der Waals surface area contributed by atoms with Gasteiger partial charge in [-0.1, -0.05) is 11.6 Å². The van der Waals surface area contributed by atoms with Gasteiger partial charge in [-0.3, -0.25) is 9.71 Å². The molecule has 1 aromatic carbocycles. The molecule has 0 bridgehead atoms. The zero-order valence-electron chi connectivity index (χ0n) is 14.7. The molecule has 1 N–H and O–H groups in total. The first-order valence-electron chi connectivity index (χ1n) is 8.00. The van der Waals surface area contributed by atoms with Crippen LogP contribution in [0.15, 0.2) is 60.0 Å². The van der Waals surface area contributed by atoms with Gasteiger partial charge in [-0.2, -0.15) is 21.6 Å². The van der Waals surface area contributed by atoms with Gasteiger partial charge in [0.25, 0.3) is 10.0 Å². The molecule has 6 nitrogen and oxygen atoms in total. The quantitative estimate of drug-likeness (QED) is 0.596. The number of aryl methyl sites for hydroxylation is 1. The van der Waals surface area contributed by atoms with E-state index in [1.165, 1.54) is 30.6 Å². The Labute approximate surface area is 169 Å². The Bertz CT molecular complexity index is 1140. The Kier molecular flexibility index (Phi) is 5.67. The van der Waals surface area contributed by atoms with Gasteiger partial charge in [-0.05, 0) is 42.8 Å². The number of ether oxygens (including phenoxy) is 1. The lowest BCUT2D eigenvalue weighted by Crippen LogP contribution is -2.15. The molecule has 29 heavy (non-hydrogen) atoms.